The minimum atomic E-state index is -4.58. The summed E-state index contributed by atoms with van der Waals surface area (Å²) in [4.78, 5) is 28.1. The first-order valence-electron chi connectivity index (χ1n) is 9.89. The number of amides is 1. The Bertz CT molecular complexity index is 1420. The zero-order valence-corrected chi connectivity index (χ0v) is 16.8. The fourth-order valence-corrected chi connectivity index (χ4v) is 4.14. The van der Waals surface area contributed by atoms with Gasteiger partial charge in [-0.1, -0.05) is 48.0 Å². The SMILES string of the molecule is Cc1ccc2oc3c(c(=O)c2c1)[C@H](c1ccccc1)N(c1cccc(C(F)(F)F)c1)C3=O. The molecule has 1 aromatic heterocycles. The fourth-order valence-electron chi connectivity index (χ4n) is 4.14. The van der Waals surface area contributed by atoms with Crippen molar-refractivity contribution in [2.45, 2.75) is 19.1 Å². The summed E-state index contributed by atoms with van der Waals surface area (Å²) in [6.45, 7) is 1.83. The van der Waals surface area contributed by atoms with E-state index >= 15 is 0 Å². The normalized spacial score (nSPS) is 15.9. The molecular formula is C25H16F3NO3. The van der Waals surface area contributed by atoms with Gasteiger partial charge in [0.1, 0.15) is 5.58 Å². The number of benzene rings is 3. The van der Waals surface area contributed by atoms with Crippen LogP contribution in [0.5, 0.6) is 0 Å². The standard InChI is InChI=1S/C25H16F3NO3/c1-14-10-11-19-18(12-14)22(30)20-21(15-6-3-2-4-7-15)29(24(31)23(20)32-19)17-9-5-8-16(13-17)25(26,27)28/h2-13,21H,1H3/t21-/m0/s1. The van der Waals surface area contributed by atoms with Gasteiger partial charge in [-0.25, -0.2) is 0 Å². The molecule has 7 heteroatoms. The summed E-state index contributed by atoms with van der Waals surface area (Å²) in [6.07, 6.45) is -4.58. The number of fused-ring (bicyclic) bond motifs is 2. The third-order valence-electron chi connectivity index (χ3n) is 5.59. The van der Waals surface area contributed by atoms with E-state index in [2.05, 4.69) is 0 Å². The van der Waals surface area contributed by atoms with Crippen LogP contribution in [0.15, 0.2) is 82.0 Å². The van der Waals surface area contributed by atoms with Crippen molar-refractivity contribution < 1.29 is 22.4 Å². The molecule has 5 rings (SSSR count). The monoisotopic (exact) mass is 435 g/mol. The zero-order chi connectivity index (χ0) is 22.6. The number of hydrogen-bond donors (Lipinski definition) is 0. The van der Waals surface area contributed by atoms with Crippen LogP contribution in [0.25, 0.3) is 11.0 Å². The molecule has 0 radical (unpaired) electrons. The highest BCUT2D eigenvalue weighted by atomic mass is 19.4. The summed E-state index contributed by atoms with van der Waals surface area (Å²) < 4.78 is 45.9. The molecule has 32 heavy (non-hydrogen) atoms. The third kappa shape index (κ3) is 3.09. The van der Waals surface area contributed by atoms with Crippen molar-refractivity contribution in [1.29, 1.82) is 0 Å². The lowest BCUT2D eigenvalue weighted by atomic mass is 9.98. The molecule has 0 fully saturated rings. The summed E-state index contributed by atoms with van der Waals surface area (Å²) in [7, 11) is 0. The molecule has 1 aliphatic heterocycles. The van der Waals surface area contributed by atoms with Crippen LogP contribution in [0.3, 0.4) is 0 Å². The molecule has 4 nitrogen and oxygen atoms in total. The van der Waals surface area contributed by atoms with Gasteiger partial charge >= 0.3 is 6.18 Å². The van der Waals surface area contributed by atoms with Crippen LogP contribution in [0.1, 0.15) is 38.9 Å². The average Bonchev–Trinajstić information content (AvgIpc) is 3.07. The first-order valence-corrected chi connectivity index (χ1v) is 9.89. The number of halogens is 3. The molecule has 0 saturated carbocycles. The van der Waals surface area contributed by atoms with Gasteiger partial charge in [-0.2, -0.15) is 13.2 Å². The zero-order valence-electron chi connectivity index (χ0n) is 16.8. The van der Waals surface area contributed by atoms with Gasteiger partial charge in [0.15, 0.2) is 5.43 Å². The Hall–Kier alpha value is -3.87. The number of anilines is 1. The predicted octanol–water partition coefficient (Wildman–Crippen LogP) is 5.87. The largest absolute Gasteiger partial charge is 0.450 e. The lowest BCUT2D eigenvalue weighted by Crippen LogP contribution is -2.29. The Morgan fingerprint density at radius 2 is 1.66 bits per heavy atom. The van der Waals surface area contributed by atoms with Gasteiger partial charge in [-0.05, 0) is 42.8 Å². The van der Waals surface area contributed by atoms with E-state index in [4.69, 9.17) is 4.42 Å². The summed E-state index contributed by atoms with van der Waals surface area (Å²) in [5.41, 5.74) is 0.593. The molecule has 0 spiro atoms. The van der Waals surface area contributed by atoms with Crippen LogP contribution in [0, 0.1) is 6.92 Å². The van der Waals surface area contributed by atoms with Crippen molar-refractivity contribution in [1.82, 2.24) is 0 Å². The molecule has 0 bridgehead atoms. The second-order valence-corrected chi connectivity index (χ2v) is 7.71. The molecular weight excluding hydrogens is 419 g/mol. The number of hydrogen-bond acceptors (Lipinski definition) is 3. The predicted molar refractivity (Wildman–Crippen MR) is 114 cm³/mol. The Labute approximate surface area is 180 Å². The van der Waals surface area contributed by atoms with Gasteiger partial charge in [-0.3, -0.25) is 14.5 Å². The highest BCUT2D eigenvalue weighted by Crippen LogP contribution is 2.42. The van der Waals surface area contributed by atoms with Crippen LogP contribution >= 0.6 is 0 Å². The Balaban J connectivity index is 1.80. The Morgan fingerprint density at radius 1 is 0.906 bits per heavy atom. The number of carbonyl (C=O) groups is 1. The second kappa shape index (κ2) is 7.09. The van der Waals surface area contributed by atoms with Crippen molar-refractivity contribution in [3.05, 3.63) is 111 Å². The van der Waals surface area contributed by atoms with Crippen LogP contribution < -0.4 is 10.3 Å². The van der Waals surface area contributed by atoms with Gasteiger partial charge in [0.05, 0.1) is 22.6 Å². The molecule has 0 saturated heterocycles. The summed E-state index contributed by atoms with van der Waals surface area (Å²) in [5, 5.41) is 0.323. The van der Waals surface area contributed by atoms with E-state index in [1.54, 1.807) is 48.5 Å². The lowest BCUT2D eigenvalue weighted by Gasteiger charge is -2.26. The fraction of sp³-hybridized carbons (Fsp3) is 0.120. The number of nitrogens with zero attached hydrogens (tertiary/aromatic N) is 1. The van der Waals surface area contributed by atoms with Crippen molar-refractivity contribution in [3.8, 4) is 0 Å². The van der Waals surface area contributed by atoms with E-state index in [1.807, 2.05) is 6.92 Å². The molecule has 1 aliphatic rings. The lowest BCUT2D eigenvalue weighted by molar-refractivity contribution is -0.137. The van der Waals surface area contributed by atoms with Gasteiger partial charge in [-0.15, -0.1) is 0 Å². The minimum absolute atomic E-state index is 0.0321. The van der Waals surface area contributed by atoms with Gasteiger partial charge < -0.3 is 4.42 Å². The van der Waals surface area contributed by atoms with E-state index in [0.29, 0.717) is 10.9 Å². The molecule has 0 aliphatic carbocycles. The smallest absolute Gasteiger partial charge is 0.416 e. The van der Waals surface area contributed by atoms with Crippen LogP contribution in [0.4, 0.5) is 18.9 Å². The molecule has 1 atom stereocenters. The van der Waals surface area contributed by atoms with Crippen molar-refractivity contribution >= 4 is 22.6 Å². The first kappa shape index (κ1) is 20.1. The van der Waals surface area contributed by atoms with Gasteiger partial charge in [0.2, 0.25) is 5.76 Å². The van der Waals surface area contributed by atoms with Crippen molar-refractivity contribution in [2.24, 2.45) is 0 Å². The van der Waals surface area contributed by atoms with Crippen LogP contribution in [0.2, 0.25) is 0 Å². The maximum Gasteiger partial charge on any atom is 0.416 e. The highest BCUT2D eigenvalue weighted by molar-refractivity contribution is 6.10. The minimum Gasteiger partial charge on any atom is -0.450 e. The second-order valence-electron chi connectivity index (χ2n) is 7.71. The molecule has 0 unspecified atom stereocenters. The maximum atomic E-state index is 13.5. The molecule has 4 aromatic rings. The van der Waals surface area contributed by atoms with Crippen LogP contribution in [-0.4, -0.2) is 5.91 Å². The number of aryl methyl sites for hydroxylation is 1. The third-order valence-corrected chi connectivity index (χ3v) is 5.59. The van der Waals surface area contributed by atoms with Gasteiger partial charge in [0, 0.05) is 5.69 Å². The summed E-state index contributed by atoms with van der Waals surface area (Å²) >= 11 is 0. The number of carbonyl (C=O) groups excluding carboxylic acids is 1. The highest BCUT2D eigenvalue weighted by Gasteiger charge is 2.44. The van der Waals surface area contributed by atoms with E-state index < -0.39 is 23.7 Å². The van der Waals surface area contributed by atoms with E-state index in [-0.39, 0.29) is 28.0 Å². The van der Waals surface area contributed by atoms with Gasteiger partial charge in [0.25, 0.3) is 5.91 Å². The quantitative estimate of drug-likeness (QED) is 0.396. The van der Waals surface area contributed by atoms with E-state index in [1.165, 1.54) is 17.0 Å². The summed E-state index contributed by atoms with van der Waals surface area (Å²) in [6, 6.07) is 17.4. The van der Waals surface area contributed by atoms with E-state index in [0.717, 1.165) is 17.7 Å². The molecule has 2 heterocycles. The molecule has 160 valence electrons. The molecule has 0 N–H and O–H groups in total. The summed E-state index contributed by atoms with van der Waals surface area (Å²) in [5.74, 6) is -0.814. The maximum absolute atomic E-state index is 13.5. The number of alkyl halides is 3. The topological polar surface area (TPSA) is 50.5 Å². The molecule has 3 aromatic carbocycles. The van der Waals surface area contributed by atoms with Crippen molar-refractivity contribution in [2.75, 3.05) is 4.90 Å². The van der Waals surface area contributed by atoms with E-state index in [9.17, 15) is 22.8 Å². The van der Waals surface area contributed by atoms with Crippen molar-refractivity contribution in [3.63, 3.8) is 0 Å². The van der Waals surface area contributed by atoms with Crippen LogP contribution in [-0.2, 0) is 6.18 Å². The Kier molecular flexibility index (Phi) is 4.44. The average molecular weight is 435 g/mol. The number of rotatable bonds is 2. The first-order chi connectivity index (χ1) is 15.3. The molecule has 1 amide bonds. The Morgan fingerprint density at radius 3 is 2.38 bits per heavy atom.